The first-order chi connectivity index (χ1) is 10.2. The summed E-state index contributed by atoms with van der Waals surface area (Å²) >= 11 is 0. The van der Waals surface area contributed by atoms with Crippen LogP contribution in [0, 0.1) is 5.92 Å². The zero-order valence-corrected chi connectivity index (χ0v) is 13.0. The zero-order valence-electron chi connectivity index (χ0n) is 13.0. The Labute approximate surface area is 128 Å². The summed E-state index contributed by atoms with van der Waals surface area (Å²) in [5, 5.41) is 9.60. The molecule has 0 aromatic heterocycles. The van der Waals surface area contributed by atoms with E-state index in [0.29, 0.717) is 23.3 Å². The van der Waals surface area contributed by atoms with Crippen molar-refractivity contribution >= 4 is 18.2 Å². The molecule has 0 radical (unpaired) electrons. The molecule has 1 aromatic rings. The van der Waals surface area contributed by atoms with Crippen molar-refractivity contribution < 1.29 is 24.2 Å². The van der Waals surface area contributed by atoms with Crippen LogP contribution in [0.15, 0.2) is 18.2 Å². The van der Waals surface area contributed by atoms with Gasteiger partial charge in [0.05, 0.1) is 6.04 Å². The number of carbonyl (C=O) groups is 3. The minimum atomic E-state index is -1.05. The Kier molecular flexibility index (Phi) is 3.96. The number of benzene rings is 1. The van der Waals surface area contributed by atoms with Crippen molar-refractivity contribution in [2.45, 2.75) is 32.4 Å². The van der Waals surface area contributed by atoms with Crippen molar-refractivity contribution in [1.82, 2.24) is 4.90 Å². The highest BCUT2D eigenvalue weighted by Crippen LogP contribution is 2.46. The topological polar surface area (TPSA) is 83.9 Å². The largest absolute Gasteiger partial charge is 0.486 e. The lowest BCUT2D eigenvalue weighted by molar-refractivity contribution is -0.156. The minimum absolute atomic E-state index is 0.132. The lowest BCUT2D eigenvalue weighted by atomic mass is 9.77. The highest BCUT2D eigenvalue weighted by Gasteiger charge is 2.49. The van der Waals surface area contributed by atoms with Crippen molar-refractivity contribution in [2.24, 2.45) is 5.92 Å². The van der Waals surface area contributed by atoms with Gasteiger partial charge in [0.2, 0.25) is 6.41 Å². The minimum Gasteiger partial charge on any atom is -0.486 e. The standard InChI is InChI=1S/C16H19NO5/c1-9(19)10-5-6-12-11(7-10)14(17(4)8-18)13(15(20)21)16(2,3)22-12/h5-8,13-14H,1-4H3,(H,20,21)/t13-,14-/m0/s1. The van der Waals surface area contributed by atoms with E-state index in [1.54, 1.807) is 32.0 Å². The first kappa shape index (κ1) is 16.0. The second-order valence-electron chi connectivity index (χ2n) is 6.05. The van der Waals surface area contributed by atoms with Crippen molar-refractivity contribution in [3.05, 3.63) is 29.3 Å². The first-order valence-electron chi connectivity index (χ1n) is 6.93. The van der Waals surface area contributed by atoms with Crippen molar-refractivity contribution in [3.63, 3.8) is 0 Å². The molecule has 2 atom stereocenters. The molecule has 1 heterocycles. The summed E-state index contributed by atoms with van der Waals surface area (Å²) in [6.07, 6.45) is 0.590. The highest BCUT2D eigenvalue weighted by atomic mass is 16.5. The van der Waals surface area contributed by atoms with Gasteiger partial charge in [-0.05, 0) is 39.0 Å². The molecular formula is C16H19NO5. The van der Waals surface area contributed by atoms with Crippen LogP contribution in [-0.4, -0.2) is 40.8 Å². The molecular weight excluding hydrogens is 286 g/mol. The molecule has 1 aromatic carbocycles. The van der Waals surface area contributed by atoms with E-state index in [1.165, 1.54) is 18.9 Å². The van der Waals surface area contributed by atoms with Crippen molar-refractivity contribution in [3.8, 4) is 5.75 Å². The fourth-order valence-corrected chi connectivity index (χ4v) is 2.95. The number of aliphatic carboxylic acids is 1. The summed E-state index contributed by atoms with van der Waals surface area (Å²) in [5.74, 6) is -1.64. The molecule has 0 unspecified atom stereocenters. The van der Waals surface area contributed by atoms with Crippen molar-refractivity contribution in [2.75, 3.05) is 7.05 Å². The summed E-state index contributed by atoms with van der Waals surface area (Å²) in [4.78, 5) is 35.9. The third-order valence-corrected chi connectivity index (χ3v) is 4.04. The van der Waals surface area contributed by atoms with Crippen LogP contribution in [0.2, 0.25) is 0 Å². The highest BCUT2D eigenvalue weighted by molar-refractivity contribution is 5.94. The van der Waals surface area contributed by atoms with E-state index in [0.717, 1.165) is 0 Å². The van der Waals surface area contributed by atoms with E-state index >= 15 is 0 Å². The van der Waals surface area contributed by atoms with E-state index in [2.05, 4.69) is 0 Å². The molecule has 1 aliphatic rings. The van der Waals surface area contributed by atoms with Crippen LogP contribution in [0.3, 0.4) is 0 Å². The zero-order chi connectivity index (χ0) is 16.7. The van der Waals surface area contributed by atoms with Gasteiger partial charge in [0.15, 0.2) is 5.78 Å². The van der Waals surface area contributed by atoms with Gasteiger partial charge in [0.25, 0.3) is 0 Å². The van der Waals surface area contributed by atoms with Gasteiger partial charge in [-0.2, -0.15) is 0 Å². The number of nitrogens with zero attached hydrogens (tertiary/aromatic N) is 1. The summed E-state index contributed by atoms with van der Waals surface area (Å²) in [6, 6.07) is 4.19. The molecule has 2 rings (SSSR count). The molecule has 1 N–H and O–H groups in total. The Morgan fingerprint density at radius 2 is 2.00 bits per heavy atom. The molecule has 6 heteroatoms. The number of carbonyl (C=O) groups excluding carboxylic acids is 2. The number of ketones is 1. The molecule has 0 spiro atoms. The number of carboxylic acids is 1. The number of hydrogen-bond acceptors (Lipinski definition) is 4. The summed E-state index contributed by atoms with van der Waals surface area (Å²) < 4.78 is 5.82. The second kappa shape index (κ2) is 5.44. The Morgan fingerprint density at radius 3 is 2.50 bits per heavy atom. The maximum absolute atomic E-state index is 11.7. The average Bonchev–Trinajstić information content (AvgIpc) is 2.42. The predicted octanol–water partition coefficient (Wildman–Crippen LogP) is 1.89. The van der Waals surface area contributed by atoms with Gasteiger partial charge in [0, 0.05) is 18.2 Å². The van der Waals surface area contributed by atoms with Crippen LogP contribution in [0.4, 0.5) is 0 Å². The quantitative estimate of drug-likeness (QED) is 0.678. The number of ether oxygens (including phenoxy) is 1. The SMILES string of the molecule is CC(=O)c1ccc2c(c1)[C@H](N(C)C=O)[C@@H](C(=O)O)C(C)(C)O2. The van der Waals surface area contributed by atoms with Gasteiger partial charge in [-0.1, -0.05) is 0 Å². The van der Waals surface area contributed by atoms with Gasteiger partial charge in [-0.25, -0.2) is 0 Å². The molecule has 0 saturated heterocycles. The number of carboxylic acid groups (broad SMARTS) is 1. The van der Waals surface area contributed by atoms with Gasteiger partial charge in [-0.15, -0.1) is 0 Å². The summed E-state index contributed by atoms with van der Waals surface area (Å²) in [6.45, 7) is 4.79. The number of hydrogen-bond donors (Lipinski definition) is 1. The van der Waals surface area contributed by atoms with Crippen LogP contribution in [-0.2, 0) is 9.59 Å². The number of fused-ring (bicyclic) bond motifs is 1. The molecule has 22 heavy (non-hydrogen) atoms. The van der Waals surface area contributed by atoms with Crippen LogP contribution in [0.1, 0.15) is 42.7 Å². The van der Waals surface area contributed by atoms with Gasteiger partial charge in [0.1, 0.15) is 17.3 Å². The fraction of sp³-hybridized carbons (Fsp3) is 0.438. The van der Waals surface area contributed by atoms with E-state index in [1.807, 2.05) is 0 Å². The van der Waals surface area contributed by atoms with E-state index < -0.39 is 23.5 Å². The Bertz CT molecular complexity index is 637. The molecule has 6 nitrogen and oxygen atoms in total. The molecule has 0 bridgehead atoms. The maximum Gasteiger partial charge on any atom is 0.313 e. The van der Waals surface area contributed by atoms with Crippen LogP contribution < -0.4 is 4.74 Å². The monoisotopic (exact) mass is 305 g/mol. The number of rotatable bonds is 4. The third kappa shape index (κ3) is 2.56. The predicted molar refractivity (Wildman–Crippen MR) is 78.8 cm³/mol. The molecule has 0 aliphatic carbocycles. The van der Waals surface area contributed by atoms with Crippen LogP contribution >= 0.6 is 0 Å². The average molecular weight is 305 g/mol. The van der Waals surface area contributed by atoms with E-state index in [-0.39, 0.29) is 5.78 Å². The molecule has 1 aliphatic heterocycles. The number of Topliss-reactive ketones (excluding diaryl/α,β-unsaturated/α-hetero) is 1. The molecule has 1 amide bonds. The third-order valence-electron chi connectivity index (χ3n) is 4.04. The van der Waals surface area contributed by atoms with E-state index in [9.17, 15) is 19.5 Å². The summed E-state index contributed by atoms with van der Waals surface area (Å²) in [7, 11) is 1.53. The molecule has 118 valence electrons. The Morgan fingerprint density at radius 1 is 1.36 bits per heavy atom. The summed E-state index contributed by atoms with van der Waals surface area (Å²) in [5.41, 5.74) is 0.00271. The first-order valence-corrected chi connectivity index (χ1v) is 6.93. The number of amides is 1. The van der Waals surface area contributed by atoms with Crippen LogP contribution in [0.5, 0.6) is 5.75 Å². The molecule has 0 fully saturated rings. The Balaban J connectivity index is 2.68. The van der Waals surface area contributed by atoms with Gasteiger partial charge in [-0.3, -0.25) is 14.4 Å². The molecule has 0 saturated carbocycles. The van der Waals surface area contributed by atoms with Crippen molar-refractivity contribution in [1.29, 1.82) is 0 Å². The normalized spacial score (nSPS) is 22.2. The second-order valence-corrected chi connectivity index (χ2v) is 6.05. The Hall–Kier alpha value is -2.37. The maximum atomic E-state index is 11.7. The van der Waals surface area contributed by atoms with Crippen LogP contribution in [0.25, 0.3) is 0 Å². The van der Waals surface area contributed by atoms with Gasteiger partial charge >= 0.3 is 5.97 Å². The smallest absolute Gasteiger partial charge is 0.313 e. The van der Waals surface area contributed by atoms with Gasteiger partial charge < -0.3 is 14.7 Å². The lowest BCUT2D eigenvalue weighted by Gasteiger charge is -2.45. The fourth-order valence-electron chi connectivity index (χ4n) is 2.95. The lowest BCUT2D eigenvalue weighted by Crippen LogP contribution is -2.52. The van der Waals surface area contributed by atoms with E-state index in [4.69, 9.17) is 4.74 Å².